The summed E-state index contributed by atoms with van der Waals surface area (Å²) in [5.41, 5.74) is 5.32. The number of nitrogens with zero attached hydrogens (tertiary/aromatic N) is 1. The van der Waals surface area contributed by atoms with Gasteiger partial charge in [-0.05, 0) is 66.6 Å². The smallest absolute Gasteiger partial charge is 0.227 e. The summed E-state index contributed by atoms with van der Waals surface area (Å²) in [5, 5.41) is 3.11. The lowest BCUT2D eigenvalue weighted by Crippen LogP contribution is -2.33. The molecule has 28 heavy (non-hydrogen) atoms. The van der Waals surface area contributed by atoms with E-state index >= 15 is 0 Å². The van der Waals surface area contributed by atoms with Gasteiger partial charge in [0.1, 0.15) is 0 Å². The summed E-state index contributed by atoms with van der Waals surface area (Å²) < 4.78 is 0. The molecule has 1 aliphatic heterocycles. The molecule has 0 bridgehead atoms. The molecule has 1 aliphatic carbocycles. The first-order chi connectivity index (χ1) is 13.6. The van der Waals surface area contributed by atoms with Gasteiger partial charge in [-0.15, -0.1) is 0 Å². The number of hydrogen-bond donors (Lipinski definition) is 1. The highest BCUT2D eigenvalue weighted by atomic mass is 16.2. The Kier molecular flexibility index (Phi) is 5.47. The van der Waals surface area contributed by atoms with Crippen molar-refractivity contribution in [2.45, 2.75) is 51.9 Å². The Morgan fingerprint density at radius 1 is 0.964 bits per heavy atom. The van der Waals surface area contributed by atoms with Gasteiger partial charge in [0.15, 0.2) is 0 Å². The van der Waals surface area contributed by atoms with Crippen LogP contribution in [0.25, 0.3) is 11.1 Å². The Hall–Kier alpha value is -2.62. The van der Waals surface area contributed by atoms with Crippen LogP contribution in [0.1, 0.15) is 51.0 Å². The molecule has 0 unspecified atom stereocenters. The van der Waals surface area contributed by atoms with Gasteiger partial charge >= 0.3 is 0 Å². The SMILES string of the molecule is CC(=O)N1CCCc2cc(-c3cccc(NC(=O)C4CCCCC4)c3)ccc21. The highest BCUT2D eigenvalue weighted by Gasteiger charge is 2.22. The lowest BCUT2D eigenvalue weighted by molar-refractivity contribution is -0.120. The fourth-order valence-corrected chi connectivity index (χ4v) is 4.49. The number of aryl methyl sites for hydroxylation is 1. The molecular formula is C24H28N2O2. The molecule has 2 aromatic rings. The number of fused-ring (bicyclic) bond motifs is 1. The molecule has 0 spiro atoms. The lowest BCUT2D eigenvalue weighted by Gasteiger charge is -2.29. The van der Waals surface area contributed by atoms with Crippen LogP contribution < -0.4 is 10.2 Å². The molecular weight excluding hydrogens is 348 g/mol. The maximum absolute atomic E-state index is 12.6. The number of anilines is 2. The highest BCUT2D eigenvalue weighted by Crippen LogP contribution is 2.33. The van der Waals surface area contributed by atoms with Crippen molar-refractivity contribution in [1.82, 2.24) is 0 Å². The van der Waals surface area contributed by atoms with Crippen LogP contribution in [0, 0.1) is 5.92 Å². The first-order valence-electron chi connectivity index (χ1n) is 10.4. The van der Waals surface area contributed by atoms with E-state index in [4.69, 9.17) is 0 Å². The molecule has 2 amide bonds. The van der Waals surface area contributed by atoms with E-state index in [1.807, 2.05) is 23.1 Å². The Morgan fingerprint density at radius 2 is 1.75 bits per heavy atom. The molecule has 2 aromatic carbocycles. The van der Waals surface area contributed by atoms with Gasteiger partial charge in [0.25, 0.3) is 0 Å². The largest absolute Gasteiger partial charge is 0.326 e. The summed E-state index contributed by atoms with van der Waals surface area (Å²) in [4.78, 5) is 26.3. The summed E-state index contributed by atoms with van der Waals surface area (Å²) in [7, 11) is 0. The van der Waals surface area contributed by atoms with E-state index in [1.165, 1.54) is 12.0 Å². The second-order valence-electron chi connectivity index (χ2n) is 8.02. The highest BCUT2D eigenvalue weighted by molar-refractivity contribution is 5.94. The molecule has 0 radical (unpaired) electrons. The third-order valence-electron chi connectivity index (χ3n) is 6.02. The molecule has 4 nitrogen and oxygen atoms in total. The first kappa shape index (κ1) is 18.7. The minimum atomic E-state index is 0.0983. The Labute approximate surface area is 166 Å². The van der Waals surface area contributed by atoms with Gasteiger partial charge < -0.3 is 10.2 Å². The van der Waals surface area contributed by atoms with Gasteiger partial charge in [-0.3, -0.25) is 9.59 Å². The molecule has 1 saturated carbocycles. The zero-order chi connectivity index (χ0) is 19.5. The number of amides is 2. The van der Waals surface area contributed by atoms with Gasteiger partial charge in [-0.2, -0.15) is 0 Å². The van der Waals surface area contributed by atoms with Crippen LogP contribution in [-0.4, -0.2) is 18.4 Å². The second-order valence-corrected chi connectivity index (χ2v) is 8.02. The van der Waals surface area contributed by atoms with Gasteiger partial charge in [0.05, 0.1) is 0 Å². The third-order valence-corrected chi connectivity index (χ3v) is 6.02. The zero-order valence-electron chi connectivity index (χ0n) is 16.5. The third kappa shape index (κ3) is 3.96. The van der Waals surface area contributed by atoms with Crippen LogP contribution in [0.4, 0.5) is 11.4 Å². The van der Waals surface area contributed by atoms with Crippen molar-refractivity contribution in [3.63, 3.8) is 0 Å². The molecule has 0 aromatic heterocycles. The van der Waals surface area contributed by atoms with E-state index in [-0.39, 0.29) is 17.7 Å². The van der Waals surface area contributed by atoms with Gasteiger partial charge in [-0.1, -0.05) is 37.5 Å². The predicted molar refractivity (Wildman–Crippen MR) is 113 cm³/mol. The van der Waals surface area contributed by atoms with E-state index in [0.717, 1.165) is 67.6 Å². The van der Waals surface area contributed by atoms with Crippen LogP contribution in [-0.2, 0) is 16.0 Å². The molecule has 2 aliphatic rings. The average Bonchev–Trinajstić information content (AvgIpc) is 2.73. The second kappa shape index (κ2) is 8.17. The first-order valence-corrected chi connectivity index (χ1v) is 10.4. The molecule has 1 fully saturated rings. The van der Waals surface area contributed by atoms with Crippen LogP contribution in [0.3, 0.4) is 0 Å². The van der Waals surface area contributed by atoms with E-state index in [0.29, 0.717) is 0 Å². The number of carbonyl (C=O) groups is 2. The molecule has 1 N–H and O–H groups in total. The normalized spacial score (nSPS) is 17.1. The Balaban J connectivity index is 1.54. The molecule has 4 rings (SSSR count). The standard InChI is InChI=1S/C24H28N2O2/c1-17(27)26-14-6-10-21-15-20(12-13-23(21)26)19-9-5-11-22(16-19)25-24(28)18-7-3-2-4-8-18/h5,9,11-13,15-16,18H,2-4,6-8,10,14H2,1H3,(H,25,28). The summed E-state index contributed by atoms with van der Waals surface area (Å²) in [6.07, 6.45) is 7.55. The van der Waals surface area contributed by atoms with Crippen LogP contribution in [0.2, 0.25) is 0 Å². The van der Waals surface area contributed by atoms with Crippen LogP contribution in [0.5, 0.6) is 0 Å². The molecule has 0 atom stereocenters. The number of rotatable bonds is 3. The fraction of sp³-hybridized carbons (Fsp3) is 0.417. The van der Waals surface area contributed by atoms with Crippen molar-refractivity contribution < 1.29 is 9.59 Å². The van der Waals surface area contributed by atoms with E-state index < -0.39 is 0 Å². The minimum absolute atomic E-state index is 0.0983. The summed E-state index contributed by atoms with van der Waals surface area (Å²) in [6, 6.07) is 14.4. The Morgan fingerprint density at radius 3 is 2.54 bits per heavy atom. The molecule has 146 valence electrons. The number of hydrogen-bond acceptors (Lipinski definition) is 2. The zero-order valence-corrected chi connectivity index (χ0v) is 16.5. The van der Waals surface area contributed by atoms with Gasteiger partial charge in [0, 0.05) is 30.8 Å². The molecule has 0 saturated heterocycles. The lowest BCUT2D eigenvalue weighted by atomic mass is 9.88. The van der Waals surface area contributed by atoms with E-state index in [1.54, 1.807) is 6.92 Å². The van der Waals surface area contributed by atoms with Crippen molar-refractivity contribution in [3.05, 3.63) is 48.0 Å². The average molecular weight is 377 g/mol. The number of carbonyl (C=O) groups excluding carboxylic acids is 2. The minimum Gasteiger partial charge on any atom is -0.326 e. The fourth-order valence-electron chi connectivity index (χ4n) is 4.49. The van der Waals surface area contributed by atoms with Crippen molar-refractivity contribution in [2.24, 2.45) is 5.92 Å². The van der Waals surface area contributed by atoms with Crippen molar-refractivity contribution in [2.75, 3.05) is 16.8 Å². The van der Waals surface area contributed by atoms with E-state index in [9.17, 15) is 9.59 Å². The van der Waals surface area contributed by atoms with Crippen LogP contribution in [0.15, 0.2) is 42.5 Å². The quantitative estimate of drug-likeness (QED) is 0.803. The summed E-state index contributed by atoms with van der Waals surface area (Å²) in [5.74, 6) is 0.402. The van der Waals surface area contributed by atoms with Crippen molar-refractivity contribution >= 4 is 23.2 Å². The molecule has 1 heterocycles. The summed E-state index contributed by atoms with van der Waals surface area (Å²) in [6.45, 7) is 2.42. The predicted octanol–water partition coefficient (Wildman–Crippen LogP) is 5.17. The number of nitrogens with one attached hydrogen (secondary N) is 1. The number of benzene rings is 2. The van der Waals surface area contributed by atoms with E-state index in [2.05, 4.69) is 29.6 Å². The van der Waals surface area contributed by atoms with Crippen molar-refractivity contribution in [1.29, 1.82) is 0 Å². The van der Waals surface area contributed by atoms with Crippen LogP contribution >= 0.6 is 0 Å². The summed E-state index contributed by atoms with van der Waals surface area (Å²) >= 11 is 0. The maximum atomic E-state index is 12.6. The van der Waals surface area contributed by atoms with Gasteiger partial charge in [-0.25, -0.2) is 0 Å². The van der Waals surface area contributed by atoms with Crippen molar-refractivity contribution in [3.8, 4) is 11.1 Å². The van der Waals surface area contributed by atoms with Gasteiger partial charge in [0.2, 0.25) is 11.8 Å². The molecule has 4 heteroatoms. The topological polar surface area (TPSA) is 49.4 Å². The Bertz CT molecular complexity index is 884. The maximum Gasteiger partial charge on any atom is 0.227 e. The monoisotopic (exact) mass is 376 g/mol.